The Balaban J connectivity index is 1.95. The predicted octanol–water partition coefficient (Wildman–Crippen LogP) is 1.49. The predicted molar refractivity (Wildman–Crippen MR) is 54.6 cm³/mol. The third-order valence-electron chi connectivity index (χ3n) is 2.94. The van der Waals surface area contributed by atoms with Crippen LogP contribution in [0.2, 0.25) is 0 Å². The molecular weight excluding hydrogens is 176 g/mol. The largest absolute Gasteiger partial charge is 0.323 e. The van der Waals surface area contributed by atoms with Crippen LogP contribution in [-0.2, 0) is 6.54 Å². The Bertz CT molecular complexity index is 286. The Morgan fingerprint density at radius 2 is 2.29 bits per heavy atom. The zero-order valence-corrected chi connectivity index (χ0v) is 8.69. The summed E-state index contributed by atoms with van der Waals surface area (Å²) in [4.78, 5) is 0. The molecule has 2 rings (SSSR count). The highest BCUT2D eigenvalue weighted by atomic mass is 15.4. The van der Waals surface area contributed by atoms with Gasteiger partial charge in [0, 0.05) is 12.6 Å². The molecule has 0 saturated heterocycles. The van der Waals surface area contributed by atoms with Crippen molar-refractivity contribution in [3.8, 4) is 0 Å². The van der Waals surface area contributed by atoms with E-state index in [1.54, 1.807) is 0 Å². The molecule has 1 saturated carbocycles. The highest BCUT2D eigenvalue weighted by Crippen LogP contribution is 2.25. The summed E-state index contributed by atoms with van der Waals surface area (Å²) in [5.74, 6) is 0.803. The van der Waals surface area contributed by atoms with E-state index in [9.17, 15) is 0 Å². The van der Waals surface area contributed by atoms with Crippen LogP contribution in [0.1, 0.15) is 44.3 Å². The Labute approximate surface area is 84.5 Å². The summed E-state index contributed by atoms with van der Waals surface area (Å²) < 4.78 is 1.94. The molecule has 1 aromatic heterocycles. The highest BCUT2D eigenvalue weighted by Gasteiger charge is 2.16. The van der Waals surface area contributed by atoms with E-state index in [0.29, 0.717) is 0 Å². The summed E-state index contributed by atoms with van der Waals surface area (Å²) in [7, 11) is 0. The molecule has 0 aliphatic heterocycles. The Morgan fingerprint density at radius 1 is 1.57 bits per heavy atom. The lowest BCUT2D eigenvalue weighted by Crippen LogP contribution is -2.08. The summed E-state index contributed by atoms with van der Waals surface area (Å²) in [5, 5.41) is 8.13. The van der Waals surface area contributed by atoms with E-state index in [-0.39, 0.29) is 6.04 Å². The molecule has 1 atom stereocenters. The van der Waals surface area contributed by atoms with Gasteiger partial charge in [-0.2, -0.15) is 0 Å². The van der Waals surface area contributed by atoms with Gasteiger partial charge in [-0.15, -0.1) is 5.10 Å². The standard InChI is InChI=1S/C10H18N4/c1-8(11)10-7-14(13-12-10)6-9-4-2-3-5-9/h7-9H,2-6,11H2,1H3/t8-/m1/s1. The van der Waals surface area contributed by atoms with Crippen molar-refractivity contribution in [2.45, 2.75) is 45.2 Å². The van der Waals surface area contributed by atoms with Crippen LogP contribution in [0.15, 0.2) is 6.20 Å². The van der Waals surface area contributed by atoms with Gasteiger partial charge in [0.05, 0.1) is 11.9 Å². The maximum atomic E-state index is 5.72. The van der Waals surface area contributed by atoms with Crippen LogP contribution in [0, 0.1) is 5.92 Å². The fraction of sp³-hybridized carbons (Fsp3) is 0.800. The second-order valence-corrected chi connectivity index (χ2v) is 4.30. The first-order valence-electron chi connectivity index (χ1n) is 5.41. The quantitative estimate of drug-likeness (QED) is 0.793. The minimum absolute atomic E-state index is 0.00710. The molecule has 4 nitrogen and oxygen atoms in total. The van der Waals surface area contributed by atoms with Gasteiger partial charge in [0.15, 0.2) is 0 Å². The lowest BCUT2D eigenvalue weighted by Gasteiger charge is -2.07. The fourth-order valence-electron chi connectivity index (χ4n) is 2.07. The van der Waals surface area contributed by atoms with Gasteiger partial charge < -0.3 is 5.73 Å². The molecule has 14 heavy (non-hydrogen) atoms. The third kappa shape index (κ3) is 2.12. The monoisotopic (exact) mass is 194 g/mol. The number of hydrogen-bond acceptors (Lipinski definition) is 3. The van der Waals surface area contributed by atoms with Gasteiger partial charge in [0.1, 0.15) is 0 Å². The molecule has 1 aromatic rings. The number of rotatable bonds is 3. The van der Waals surface area contributed by atoms with E-state index in [1.165, 1.54) is 25.7 Å². The van der Waals surface area contributed by atoms with Gasteiger partial charge in [0.2, 0.25) is 0 Å². The molecule has 0 bridgehead atoms. The Hall–Kier alpha value is -0.900. The van der Waals surface area contributed by atoms with Gasteiger partial charge in [-0.25, -0.2) is 0 Å². The molecule has 0 aromatic carbocycles. The maximum Gasteiger partial charge on any atom is 0.0991 e. The van der Waals surface area contributed by atoms with Crippen LogP contribution in [0.4, 0.5) is 0 Å². The van der Waals surface area contributed by atoms with Crippen molar-refractivity contribution in [1.29, 1.82) is 0 Å². The minimum Gasteiger partial charge on any atom is -0.323 e. The summed E-state index contributed by atoms with van der Waals surface area (Å²) in [6.45, 7) is 2.95. The molecule has 0 unspecified atom stereocenters. The van der Waals surface area contributed by atoms with Gasteiger partial charge >= 0.3 is 0 Å². The van der Waals surface area contributed by atoms with Crippen LogP contribution in [0.3, 0.4) is 0 Å². The van der Waals surface area contributed by atoms with Crippen molar-refractivity contribution in [2.24, 2.45) is 11.7 Å². The average molecular weight is 194 g/mol. The van der Waals surface area contributed by atoms with Crippen molar-refractivity contribution in [3.63, 3.8) is 0 Å². The molecule has 1 fully saturated rings. The summed E-state index contributed by atoms with van der Waals surface area (Å²) >= 11 is 0. The van der Waals surface area contributed by atoms with Gasteiger partial charge in [-0.1, -0.05) is 18.1 Å². The molecule has 0 amide bonds. The average Bonchev–Trinajstić information content (AvgIpc) is 2.75. The van der Waals surface area contributed by atoms with E-state index < -0.39 is 0 Å². The first-order chi connectivity index (χ1) is 6.75. The second kappa shape index (κ2) is 4.09. The summed E-state index contributed by atoms with van der Waals surface area (Å²) in [6, 6.07) is -0.00710. The fourth-order valence-corrected chi connectivity index (χ4v) is 2.07. The van der Waals surface area contributed by atoms with Gasteiger partial charge in [-0.05, 0) is 25.7 Å². The lowest BCUT2D eigenvalue weighted by atomic mass is 10.1. The molecule has 1 aliphatic rings. The molecule has 2 N–H and O–H groups in total. The lowest BCUT2D eigenvalue weighted by molar-refractivity contribution is 0.421. The summed E-state index contributed by atoms with van der Waals surface area (Å²) in [6.07, 6.45) is 7.41. The maximum absolute atomic E-state index is 5.72. The molecule has 4 heteroatoms. The topological polar surface area (TPSA) is 56.7 Å². The number of hydrogen-bond donors (Lipinski definition) is 1. The van der Waals surface area contributed by atoms with Crippen molar-refractivity contribution < 1.29 is 0 Å². The number of nitrogens with two attached hydrogens (primary N) is 1. The molecule has 78 valence electrons. The van der Waals surface area contributed by atoms with Crippen molar-refractivity contribution in [1.82, 2.24) is 15.0 Å². The van der Waals surface area contributed by atoms with Crippen LogP contribution in [0.25, 0.3) is 0 Å². The zero-order chi connectivity index (χ0) is 9.97. The van der Waals surface area contributed by atoms with Gasteiger partial charge in [0.25, 0.3) is 0 Å². The number of nitrogens with zero attached hydrogens (tertiary/aromatic N) is 3. The van der Waals surface area contributed by atoms with Crippen molar-refractivity contribution >= 4 is 0 Å². The first-order valence-corrected chi connectivity index (χ1v) is 5.41. The molecule has 1 heterocycles. The molecule has 0 radical (unpaired) electrons. The van der Waals surface area contributed by atoms with E-state index in [0.717, 1.165) is 18.2 Å². The van der Waals surface area contributed by atoms with E-state index >= 15 is 0 Å². The van der Waals surface area contributed by atoms with Gasteiger partial charge in [-0.3, -0.25) is 4.68 Å². The van der Waals surface area contributed by atoms with E-state index in [4.69, 9.17) is 5.73 Å². The molecular formula is C10H18N4. The normalized spacial score (nSPS) is 20.1. The van der Waals surface area contributed by atoms with Crippen LogP contribution >= 0.6 is 0 Å². The van der Waals surface area contributed by atoms with Crippen LogP contribution in [0.5, 0.6) is 0 Å². The number of aromatic nitrogens is 3. The molecule has 0 spiro atoms. The van der Waals surface area contributed by atoms with Crippen LogP contribution in [-0.4, -0.2) is 15.0 Å². The minimum atomic E-state index is -0.00710. The van der Waals surface area contributed by atoms with Crippen molar-refractivity contribution in [2.75, 3.05) is 0 Å². The Kier molecular flexibility index (Phi) is 2.82. The Morgan fingerprint density at radius 3 is 2.86 bits per heavy atom. The first kappa shape index (κ1) is 9.65. The zero-order valence-electron chi connectivity index (χ0n) is 8.69. The SMILES string of the molecule is C[C@@H](N)c1cn(CC2CCCC2)nn1. The van der Waals surface area contributed by atoms with E-state index in [2.05, 4.69) is 10.3 Å². The second-order valence-electron chi connectivity index (χ2n) is 4.30. The van der Waals surface area contributed by atoms with E-state index in [1.807, 2.05) is 17.8 Å². The smallest absolute Gasteiger partial charge is 0.0991 e. The third-order valence-corrected chi connectivity index (χ3v) is 2.94. The highest BCUT2D eigenvalue weighted by molar-refractivity contribution is 4.97. The van der Waals surface area contributed by atoms with Crippen molar-refractivity contribution in [3.05, 3.63) is 11.9 Å². The summed E-state index contributed by atoms with van der Waals surface area (Å²) in [5.41, 5.74) is 6.61. The molecule has 1 aliphatic carbocycles. The van der Waals surface area contributed by atoms with Crippen LogP contribution < -0.4 is 5.73 Å².